The molecule has 0 heterocycles. The molecule has 0 saturated carbocycles. The summed E-state index contributed by atoms with van der Waals surface area (Å²) in [5, 5.41) is 0.636. The average Bonchev–Trinajstić information content (AvgIpc) is 2.36. The summed E-state index contributed by atoms with van der Waals surface area (Å²) < 4.78 is 0. The Kier molecular flexibility index (Phi) is 4.31. The Morgan fingerprint density at radius 2 is 1.70 bits per heavy atom. The first kappa shape index (κ1) is 14.8. The molecule has 4 heteroatoms. The van der Waals surface area contributed by atoms with Crippen molar-refractivity contribution in [2.24, 2.45) is 5.73 Å². The highest BCUT2D eigenvalue weighted by Crippen LogP contribution is 2.32. The second-order valence-corrected chi connectivity index (χ2v) is 5.78. The fraction of sp³-hybridized carbons (Fsp3) is 0.188. The first-order chi connectivity index (χ1) is 9.38. The Labute approximate surface area is 130 Å². The van der Waals surface area contributed by atoms with Crippen molar-refractivity contribution in [3.05, 3.63) is 58.1 Å². The van der Waals surface area contributed by atoms with Crippen LogP contribution in [0.15, 0.2) is 36.4 Å². The lowest BCUT2D eigenvalue weighted by Crippen LogP contribution is -2.13. The van der Waals surface area contributed by atoms with Crippen molar-refractivity contribution in [2.75, 3.05) is 11.9 Å². The Balaban J connectivity index is 2.42. The lowest BCUT2D eigenvalue weighted by atomic mass is 10.1. The Morgan fingerprint density at radius 1 is 1.10 bits per heavy atom. The molecule has 2 nitrogen and oxygen atoms in total. The van der Waals surface area contributed by atoms with E-state index in [0.29, 0.717) is 10.0 Å². The number of nitrogens with zero attached hydrogens (tertiary/aromatic N) is 1. The van der Waals surface area contributed by atoms with Crippen molar-refractivity contribution < 1.29 is 0 Å². The molecule has 0 aliphatic rings. The highest BCUT2D eigenvalue weighted by atomic mass is 35.5. The van der Waals surface area contributed by atoms with Crippen molar-refractivity contribution in [1.29, 1.82) is 0 Å². The lowest BCUT2D eigenvalue weighted by molar-refractivity contribution is 1.19. The van der Waals surface area contributed by atoms with Gasteiger partial charge in [0.25, 0.3) is 0 Å². The van der Waals surface area contributed by atoms with Crippen LogP contribution in [-0.2, 0) is 0 Å². The van der Waals surface area contributed by atoms with E-state index in [0.717, 1.165) is 16.9 Å². The van der Waals surface area contributed by atoms with Crippen LogP contribution in [0.3, 0.4) is 0 Å². The van der Waals surface area contributed by atoms with Crippen molar-refractivity contribution >= 4 is 40.2 Å². The average molecular weight is 305 g/mol. The maximum Gasteiger partial charge on any atom is 0.104 e. The normalized spacial score (nSPS) is 10.4. The first-order valence-corrected chi connectivity index (χ1v) is 7.08. The molecule has 0 aliphatic heterocycles. The predicted octanol–water partition coefficient (Wildman–Crippen LogP) is 4.36. The van der Waals surface area contributed by atoms with Crippen molar-refractivity contribution in [3.63, 3.8) is 0 Å². The standard InChI is InChI=1S/C16H17ClN2S/c1-10-6-11(2)8-13(7-10)19(3)15-5-4-12(16(18)20)9-14(15)17/h4-9H,1-3H3,(H2,18,20). The molecular formula is C16H17ClN2S. The molecule has 0 radical (unpaired) electrons. The van der Waals surface area contributed by atoms with E-state index >= 15 is 0 Å². The van der Waals surface area contributed by atoms with E-state index in [-0.39, 0.29) is 0 Å². The molecule has 0 bridgehead atoms. The number of thiocarbonyl (C=S) groups is 1. The van der Waals surface area contributed by atoms with Gasteiger partial charge in [-0.3, -0.25) is 0 Å². The number of benzene rings is 2. The van der Waals surface area contributed by atoms with Crippen LogP contribution in [0, 0.1) is 13.8 Å². The van der Waals surface area contributed by atoms with E-state index < -0.39 is 0 Å². The minimum atomic E-state index is 0.354. The molecule has 0 atom stereocenters. The van der Waals surface area contributed by atoms with Gasteiger partial charge in [0.1, 0.15) is 4.99 Å². The van der Waals surface area contributed by atoms with Crippen LogP contribution in [0.1, 0.15) is 16.7 Å². The summed E-state index contributed by atoms with van der Waals surface area (Å²) in [6.45, 7) is 4.17. The van der Waals surface area contributed by atoms with Gasteiger partial charge in [-0.2, -0.15) is 0 Å². The van der Waals surface area contributed by atoms with Crippen LogP contribution in [0.4, 0.5) is 11.4 Å². The molecule has 0 spiro atoms. The van der Waals surface area contributed by atoms with Crippen LogP contribution in [0.2, 0.25) is 5.02 Å². The van der Waals surface area contributed by atoms with E-state index in [1.165, 1.54) is 11.1 Å². The summed E-state index contributed by atoms with van der Waals surface area (Å²) in [6.07, 6.45) is 0. The Bertz CT molecular complexity index is 647. The number of hydrogen-bond acceptors (Lipinski definition) is 2. The van der Waals surface area contributed by atoms with Gasteiger partial charge in [0.05, 0.1) is 10.7 Å². The highest BCUT2D eigenvalue weighted by Gasteiger charge is 2.10. The maximum absolute atomic E-state index is 6.34. The summed E-state index contributed by atoms with van der Waals surface area (Å²) in [4.78, 5) is 2.42. The fourth-order valence-electron chi connectivity index (χ4n) is 2.22. The molecule has 2 rings (SSSR count). The van der Waals surface area contributed by atoms with Gasteiger partial charge < -0.3 is 10.6 Å². The summed E-state index contributed by atoms with van der Waals surface area (Å²) in [5.74, 6) is 0. The van der Waals surface area contributed by atoms with Gasteiger partial charge in [-0.15, -0.1) is 0 Å². The minimum Gasteiger partial charge on any atom is -0.389 e. The third-order valence-corrected chi connectivity index (χ3v) is 3.73. The van der Waals surface area contributed by atoms with Crippen LogP contribution in [0.25, 0.3) is 0 Å². The van der Waals surface area contributed by atoms with Gasteiger partial charge in [-0.25, -0.2) is 0 Å². The number of hydrogen-bond donors (Lipinski definition) is 1. The lowest BCUT2D eigenvalue weighted by Gasteiger charge is -2.22. The molecule has 104 valence electrons. The molecule has 0 aliphatic carbocycles. The summed E-state index contributed by atoms with van der Waals surface area (Å²) in [5.41, 5.74) is 10.9. The SMILES string of the molecule is Cc1cc(C)cc(N(C)c2ccc(C(N)=S)cc2Cl)c1. The van der Waals surface area contributed by atoms with Gasteiger partial charge in [-0.1, -0.05) is 29.9 Å². The summed E-state index contributed by atoms with van der Waals surface area (Å²) in [6, 6.07) is 12.0. The zero-order valence-electron chi connectivity index (χ0n) is 11.8. The zero-order chi connectivity index (χ0) is 14.9. The largest absolute Gasteiger partial charge is 0.389 e. The van der Waals surface area contributed by atoms with Gasteiger partial charge >= 0.3 is 0 Å². The zero-order valence-corrected chi connectivity index (χ0v) is 13.3. The molecule has 2 aromatic rings. The number of halogens is 1. The summed E-state index contributed by atoms with van der Waals surface area (Å²) in [7, 11) is 2.00. The van der Waals surface area contributed by atoms with Gasteiger partial charge in [0.2, 0.25) is 0 Å². The molecule has 0 unspecified atom stereocenters. The van der Waals surface area contributed by atoms with Crippen molar-refractivity contribution in [3.8, 4) is 0 Å². The molecular weight excluding hydrogens is 288 g/mol. The van der Waals surface area contributed by atoms with Crippen molar-refractivity contribution in [2.45, 2.75) is 13.8 Å². The molecule has 2 aromatic carbocycles. The highest BCUT2D eigenvalue weighted by molar-refractivity contribution is 7.80. The van der Waals surface area contributed by atoms with Gasteiger partial charge in [0.15, 0.2) is 0 Å². The van der Waals surface area contributed by atoms with E-state index in [2.05, 4.69) is 36.9 Å². The third-order valence-electron chi connectivity index (χ3n) is 3.19. The second kappa shape index (κ2) is 5.81. The summed E-state index contributed by atoms with van der Waals surface area (Å²) >= 11 is 11.3. The first-order valence-electron chi connectivity index (χ1n) is 6.30. The van der Waals surface area contributed by atoms with E-state index in [1.807, 2.05) is 19.2 Å². The molecule has 0 aromatic heterocycles. The molecule has 2 N–H and O–H groups in total. The third kappa shape index (κ3) is 3.11. The van der Waals surface area contributed by atoms with Crippen LogP contribution >= 0.6 is 23.8 Å². The van der Waals surface area contributed by atoms with E-state index in [9.17, 15) is 0 Å². The number of rotatable bonds is 3. The predicted molar refractivity (Wildman–Crippen MR) is 91.3 cm³/mol. The van der Waals surface area contributed by atoms with E-state index in [1.54, 1.807) is 6.07 Å². The smallest absolute Gasteiger partial charge is 0.104 e. The maximum atomic E-state index is 6.34. The Hall–Kier alpha value is -1.58. The molecule has 0 saturated heterocycles. The molecule has 0 amide bonds. The van der Waals surface area contributed by atoms with Crippen LogP contribution in [-0.4, -0.2) is 12.0 Å². The topological polar surface area (TPSA) is 29.3 Å². The Morgan fingerprint density at radius 3 is 2.20 bits per heavy atom. The number of anilines is 2. The minimum absolute atomic E-state index is 0.354. The number of aryl methyl sites for hydroxylation is 2. The van der Waals surface area contributed by atoms with Gasteiger partial charge in [0, 0.05) is 18.3 Å². The van der Waals surface area contributed by atoms with Gasteiger partial charge in [-0.05, 0) is 55.3 Å². The molecule has 0 fully saturated rings. The monoisotopic (exact) mass is 304 g/mol. The van der Waals surface area contributed by atoms with Crippen LogP contribution in [0.5, 0.6) is 0 Å². The van der Waals surface area contributed by atoms with E-state index in [4.69, 9.17) is 29.6 Å². The second-order valence-electron chi connectivity index (χ2n) is 4.94. The molecule has 20 heavy (non-hydrogen) atoms. The number of nitrogens with two attached hydrogens (primary N) is 1. The van der Waals surface area contributed by atoms with Crippen LogP contribution < -0.4 is 10.6 Å². The quantitative estimate of drug-likeness (QED) is 0.854. The van der Waals surface area contributed by atoms with Crippen molar-refractivity contribution in [1.82, 2.24) is 0 Å². The fourth-order valence-corrected chi connectivity index (χ4v) is 2.65.